The van der Waals surface area contributed by atoms with E-state index in [1.165, 1.54) is 0 Å². The van der Waals surface area contributed by atoms with Crippen LogP contribution in [-0.4, -0.2) is 42.4 Å². The molecule has 0 saturated carbocycles. The van der Waals surface area contributed by atoms with Crippen LogP contribution in [0.2, 0.25) is 0 Å². The summed E-state index contributed by atoms with van der Waals surface area (Å²) in [6, 6.07) is 20.3. The Kier molecular flexibility index (Phi) is 7.38. The summed E-state index contributed by atoms with van der Waals surface area (Å²) in [5.74, 6) is -1.15. The van der Waals surface area contributed by atoms with Gasteiger partial charge in [-0.05, 0) is 42.3 Å². The second kappa shape index (κ2) is 10.4. The van der Waals surface area contributed by atoms with Crippen molar-refractivity contribution in [2.24, 2.45) is 0 Å². The Morgan fingerprint density at radius 3 is 2.32 bits per heavy atom. The van der Waals surface area contributed by atoms with E-state index in [0.717, 1.165) is 16.3 Å². The molecule has 3 aromatic carbocycles. The lowest BCUT2D eigenvalue weighted by Crippen LogP contribution is -2.34. The monoisotopic (exact) mass is 418 g/mol. The number of amides is 2. The molecule has 1 N–H and O–H groups in total. The van der Waals surface area contributed by atoms with Crippen LogP contribution in [0.1, 0.15) is 29.8 Å². The number of hydrogen-bond donors (Lipinski definition) is 1. The zero-order valence-corrected chi connectivity index (χ0v) is 17.8. The first-order valence-corrected chi connectivity index (χ1v) is 10.3. The van der Waals surface area contributed by atoms with Gasteiger partial charge in [0.15, 0.2) is 6.61 Å². The summed E-state index contributed by atoms with van der Waals surface area (Å²) in [5.41, 5.74) is 1.47. The first-order chi connectivity index (χ1) is 15.0. The molecule has 0 aliphatic heterocycles. The van der Waals surface area contributed by atoms with Gasteiger partial charge in [0.05, 0.1) is 17.7 Å². The smallest absolute Gasteiger partial charge is 0.340 e. The third-order valence-electron chi connectivity index (χ3n) is 5.09. The molecule has 2 amide bonds. The Hall–Kier alpha value is -3.67. The quantitative estimate of drug-likeness (QED) is 0.560. The third-order valence-corrected chi connectivity index (χ3v) is 5.09. The summed E-state index contributed by atoms with van der Waals surface area (Å²) in [6.07, 6.45) is 0.172. The number of anilines is 1. The standard InChI is InChI=1S/C25H26N2O4/c1-3-27(4-2)24(29)17-31-25(30)21-14-7-8-15-22(21)26-23(28)16-19-12-9-11-18-10-5-6-13-20(18)19/h5-15H,3-4,16-17H2,1-2H3,(H,26,28). The number of esters is 1. The molecule has 0 unspecified atom stereocenters. The lowest BCUT2D eigenvalue weighted by atomic mass is 10.0. The van der Waals surface area contributed by atoms with Crippen molar-refractivity contribution in [2.45, 2.75) is 20.3 Å². The highest BCUT2D eigenvalue weighted by atomic mass is 16.5. The largest absolute Gasteiger partial charge is 0.452 e. The molecule has 0 aliphatic rings. The molecule has 0 aromatic heterocycles. The minimum atomic E-state index is -0.651. The van der Waals surface area contributed by atoms with E-state index >= 15 is 0 Å². The molecule has 0 spiro atoms. The third kappa shape index (κ3) is 5.48. The van der Waals surface area contributed by atoms with Crippen LogP contribution in [0.4, 0.5) is 5.69 Å². The maximum absolute atomic E-state index is 12.7. The van der Waals surface area contributed by atoms with E-state index in [9.17, 15) is 14.4 Å². The molecule has 0 aliphatic carbocycles. The zero-order chi connectivity index (χ0) is 22.2. The molecule has 0 fully saturated rings. The summed E-state index contributed by atoms with van der Waals surface area (Å²) < 4.78 is 5.19. The molecule has 0 radical (unpaired) electrons. The summed E-state index contributed by atoms with van der Waals surface area (Å²) in [6.45, 7) is 4.49. The first kappa shape index (κ1) is 22.0. The number of carbonyl (C=O) groups is 3. The lowest BCUT2D eigenvalue weighted by molar-refractivity contribution is -0.134. The molecule has 31 heavy (non-hydrogen) atoms. The number of benzene rings is 3. The number of nitrogens with one attached hydrogen (secondary N) is 1. The number of ether oxygens (including phenoxy) is 1. The molecule has 3 aromatic rings. The van der Waals surface area contributed by atoms with Crippen LogP contribution in [-0.2, 0) is 20.7 Å². The molecular weight excluding hydrogens is 392 g/mol. The Morgan fingerprint density at radius 2 is 1.55 bits per heavy atom. The first-order valence-electron chi connectivity index (χ1n) is 10.3. The fraction of sp³-hybridized carbons (Fsp3) is 0.240. The van der Waals surface area contributed by atoms with Gasteiger partial charge in [-0.3, -0.25) is 9.59 Å². The van der Waals surface area contributed by atoms with E-state index in [4.69, 9.17) is 4.74 Å². The van der Waals surface area contributed by atoms with Gasteiger partial charge in [0.25, 0.3) is 5.91 Å². The predicted octanol–water partition coefficient (Wildman–Crippen LogP) is 4.05. The van der Waals surface area contributed by atoms with Crippen molar-refractivity contribution in [1.29, 1.82) is 0 Å². The molecule has 3 rings (SSSR count). The molecule has 0 bridgehead atoms. The molecular formula is C25H26N2O4. The van der Waals surface area contributed by atoms with E-state index in [1.807, 2.05) is 56.3 Å². The number of nitrogens with zero attached hydrogens (tertiary/aromatic N) is 1. The molecule has 6 nitrogen and oxygen atoms in total. The highest BCUT2D eigenvalue weighted by Gasteiger charge is 2.18. The number of hydrogen-bond acceptors (Lipinski definition) is 4. The molecule has 0 atom stereocenters. The predicted molar refractivity (Wildman–Crippen MR) is 121 cm³/mol. The topological polar surface area (TPSA) is 75.7 Å². The Bertz CT molecular complexity index is 1080. The molecule has 160 valence electrons. The number of para-hydroxylation sites is 1. The summed E-state index contributed by atoms with van der Waals surface area (Å²) in [5, 5.41) is 4.88. The van der Waals surface area contributed by atoms with E-state index < -0.39 is 5.97 Å². The van der Waals surface area contributed by atoms with Crippen molar-refractivity contribution >= 4 is 34.2 Å². The van der Waals surface area contributed by atoms with Crippen LogP contribution in [0, 0.1) is 0 Å². The van der Waals surface area contributed by atoms with Crippen molar-refractivity contribution in [3.8, 4) is 0 Å². The van der Waals surface area contributed by atoms with Gasteiger partial charge in [0.1, 0.15) is 0 Å². The number of carbonyl (C=O) groups excluding carboxylic acids is 3. The lowest BCUT2D eigenvalue weighted by Gasteiger charge is -2.18. The summed E-state index contributed by atoms with van der Waals surface area (Å²) >= 11 is 0. The van der Waals surface area contributed by atoms with Crippen molar-refractivity contribution in [3.05, 3.63) is 77.9 Å². The van der Waals surface area contributed by atoms with Crippen LogP contribution in [0.3, 0.4) is 0 Å². The van der Waals surface area contributed by atoms with E-state index in [1.54, 1.807) is 29.2 Å². The van der Waals surface area contributed by atoms with E-state index in [-0.39, 0.29) is 30.4 Å². The van der Waals surface area contributed by atoms with Gasteiger partial charge >= 0.3 is 5.97 Å². The van der Waals surface area contributed by atoms with Gasteiger partial charge in [-0.1, -0.05) is 54.6 Å². The maximum atomic E-state index is 12.7. The SMILES string of the molecule is CCN(CC)C(=O)COC(=O)c1ccccc1NC(=O)Cc1cccc2ccccc12. The van der Waals surface area contributed by atoms with E-state index in [2.05, 4.69) is 5.32 Å². The Morgan fingerprint density at radius 1 is 0.871 bits per heavy atom. The van der Waals surface area contributed by atoms with Crippen LogP contribution >= 0.6 is 0 Å². The maximum Gasteiger partial charge on any atom is 0.340 e. The average molecular weight is 418 g/mol. The summed E-state index contributed by atoms with van der Waals surface area (Å²) in [7, 11) is 0. The highest BCUT2D eigenvalue weighted by Crippen LogP contribution is 2.21. The highest BCUT2D eigenvalue weighted by molar-refractivity contribution is 6.03. The van der Waals surface area contributed by atoms with Gasteiger partial charge in [-0.25, -0.2) is 4.79 Å². The molecule has 6 heteroatoms. The normalized spacial score (nSPS) is 10.5. The second-order valence-electron chi connectivity index (χ2n) is 7.05. The summed E-state index contributed by atoms with van der Waals surface area (Å²) in [4.78, 5) is 38.9. The fourth-order valence-corrected chi connectivity index (χ4v) is 3.46. The second-order valence-corrected chi connectivity index (χ2v) is 7.05. The van der Waals surface area contributed by atoms with Crippen molar-refractivity contribution in [1.82, 2.24) is 4.90 Å². The Balaban J connectivity index is 1.69. The van der Waals surface area contributed by atoms with Gasteiger partial charge in [0, 0.05) is 13.1 Å². The zero-order valence-electron chi connectivity index (χ0n) is 17.8. The van der Waals surface area contributed by atoms with Crippen molar-refractivity contribution in [3.63, 3.8) is 0 Å². The van der Waals surface area contributed by atoms with Crippen LogP contribution in [0.15, 0.2) is 66.7 Å². The van der Waals surface area contributed by atoms with Gasteiger partial charge in [0.2, 0.25) is 5.91 Å². The fourth-order valence-electron chi connectivity index (χ4n) is 3.46. The Labute approximate surface area is 181 Å². The van der Waals surface area contributed by atoms with Crippen LogP contribution < -0.4 is 5.32 Å². The van der Waals surface area contributed by atoms with Crippen molar-refractivity contribution < 1.29 is 19.1 Å². The molecule has 0 saturated heterocycles. The van der Waals surface area contributed by atoms with Gasteiger partial charge in [-0.2, -0.15) is 0 Å². The number of likely N-dealkylation sites (N-methyl/N-ethyl adjacent to an activating group) is 1. The van der Waals surface area contributed by atoms with Crippen molar-refractivity contribution in [2.75, 3.05) is 25.0 Å². The van der Waals surface area contributed by atoms with Gasteiger partial charge < -0.3 is 15.0 Å². The van der Waals surface area contributed by atoms with E-state index in [0.29, 0.717) is 18.8 Å². The number of rotatable bonds is 8. The van der Waals surface area contributed by atoms with Crippen LogP contribution in [0.5, 0.6) is 0 Å². The van der Waals surface area contributed by atoms with Gasteiger partial charge in [-0.15, -0.1) is 0 Å². The minimum Gasteiger partial charge on any atom is -0.452 e. The minimum absolute atomic E-state index is 0.172. The molecule has 0 heterocycles. The number of fused-ring (bicyclic) bond motifs is 1. The average Bonchev–Trinajstić information content (AvgIpc) is 2.79. The van der Waals surface area contributed by atoms with Crippen LogP contribution in [0.25, 0.3) is 10.8 Å².